The van der Waals surface area contributed by atoms with Gasteiger partial charge in [0.1, 0.15) is 6.54 Å². The Kier molecular flexibility index (Phi) is 3.87. The maximum Gasteiger partial charge on any atom is 0.347 e. The SMILES string of the molecule is COc1ccc(NC(=O)Cn2cccnc2=O)cn1. The third-order valence-electron chi connectivity index (χ3n) is 2.33. The van der Waals surface area contributed by atoms with Crippen LogP contribution in [0.3, 0.4) is 0 Å². The molecule has 7 heteroatoms. The highest BCUT2D eigenvalue weighted by Gasteiger charge is 2.05. The van der Waals surface area contributed by atoms with E-state index in [-0.39, 0.29) is 12.5 Å². The zero-order chi connectivity index (χ0) is 13.7. The molecule has 0 spiro atoms. The molecule has 0 atom stereocenters. The van der Waals surface area contributed by atoms with Gasteiger partial charge in [-0.1, -0.05) is 0 Å². The van der Waals surface area contributed by atoms with Crippen molar-refractivity contribution in [3.8, 4) is 5.88 Å². The summed E-state index contributed by atoms with van der Waals surface area (Å²) in [6.07, 6.45) is 4.36. The van der Waals surface area contributed by atoms with E-state index in [2.05, 4.69) is 15.3 Å². The highest BCUT2D eigenvalue weighted by molar-refractivity contribution is 5.90. The highest BCUT2D eigenvalue weighted by atomic mass is 16.5. The van der Waals surface area contributed by atoms with Crippen molar-refractivity contribution >= 4 is 11.6 Å². The molecule has 0 bridgehead atoms. The van der Waals surface area contributed by atoms with Crippen molar-refractivity contribution in [3.05, 3.63) is 47.3 Å². The summed E-state index contributed by atoms with van der Waals surface area (Å²) in [4.78, 5) is 30.6. The first kappa shape index (κ1) is 12.7. The van der Waals surface area contributed by atoms with Gasteiger partial charge >= 0.3 is 5.69 Å². The second-order valence-electron chi connectivity index (χ2n) is 3.67. The maximum absolute atomic E-state index is 11.7. The van der Waals surface area contributed by atoms with Crippen LogP contribution in [0.4, 0.5) is 5.69 Å². The summed E-state index contributed by atoms with van der Waals surface area (Å²) in [6.45, 7) is -0.0985. The average Bonchev–Trinajstić information content (AvgIpc) is 2.42. The largest absolute Gasteiger partial charge is 0.481 e. The molecular weight excluding hydrogens is 248 g/mol. The van der Waals surface area contributed by atoms with Gasteiger partial charge in [0.2, 0.25) is 11.8 Å². The Morgan fingerprint density at radius 1 is 1.42 bits per heavy atom. The van der Waals surface area contributed by atoms with Crippen LogP contribution in [-0.4, -0.2) is 27.6 Å². The fourth-order valence-corrected chi connectivity index (χ4v) is 1.44. The van der Waals surface area contributed by atoms with Crippen molar-refractivity contribution in [2.75, 3.05) is 12.4 Å². The molecule has 1 N–H and O–H groups in total. The van der Waals surface area contributed by atoms with E-state index in [1.807, 2.05) is 0 Å². The van der Waals surface area contributed by atoms with Gasteiger partial charge in [0.25, 0.3) is 0 Å². The maximum atomic E-state index is 11.7. The van der Waals surface area contributed by atoms with Crippen LogP contribution in [-0.2, 0) is 11.3 Å². The number of amides is 1. The molecule has 2 rings (SSSR count). The van der Waals surface area contributed by atoms with Gasteiger partial charge in [0, 0.05) is 18.5 Å². The van der Waals surface area contributed by atoms with Crippen LogP contribution >= 0.6 is 0 Å². The van der Waals surface area contributed by atoms with Crippen LogP contribution in [0.2, 0.25) is 0 Å². The zero-order valence-electron chi connectivity index (χ0n) is 10.2. The molecule has 19 heavy (non-hydrogen) atoms. The molecule has 0 aromatic carbocycles. The summed E-state index contributed by atoms with van der Waals surface area (Å²) in [5, 5.41) is 2.62. The number of ether oxygens (including phenoxy) is 1. The van der Waals surface area contributed by atoms with Gasteiger partial charge in [0.05, 0.1) is 19.0 Å². The summed E-state index contributed by atoms with van der Waals surface area (Å²) in [5.41, 5.74) is 0.0632. The number of aromatic nitrogens is 3. The molecule has 0 unspecified atom stereocenters. The second kappa shape index (κ2) is 5.76. The minimum absolute atomic E-state index is 0.0985. The molecular formula is C12H12N4O3. The second-order valence-corrected chi connectivity index (χ2v) is 3.67. The van der Waals surface area contributed by atoms with Gasteiger partial charge in [-0.25, -0.2) is 14.8 Å². The Bertz CT molecular complexity index is 621. The highest BCUT2D eigenvalue weighted by Crippen LogP contribution is 2.10. The average molecular weight is 260 g/mol. The van der Waals surface area contributed by atoms with Crippen LogP contribution in [0, 0.1) is 0 Å². The number of rotatable bonds is 4. The van der Waals surface area contributed by atoms with Gasteiger partial charge in [-0.05, 0) is 12.1 Å². The van der Waals surface area contributed by atoms with Crippen molar-refractivity contribution < 1.29 is 9.53 Å². The molecule has 0 aliphatic heterocycles. The molecule has 1 amide bonds. The minimum Gasteiger partial charge on any atom is -0.481 e. The summed E-state index contributed by atoms with van der Waals surface area (Å²) >= 11 is 0. The summed E-state index contributed by atoms with van der Waals surface area (Å²) in [7, 11) is 1.51. The van der Waals surface area contributed by atoms with Gasteiger partial charge in [0.15, 0.2) is 0 Å². The summed E-state index contributed by atoms with van der Waals surface area (Å²) in [5.74, 6) is 0.128. The van der Waals surface area contributed by atoms with E-state index in [1.54, 1.807) is 18.2 Å². The normalized spacial score (nSPS) is 9.95. The first-order valence-electron chi connectivity index (χ1n) is 5.50. The topological polar surface area (TPSA) is 86.1 Å². The molecule has 2 aromatic rings. The predicted molar refractivity (Wildman–Crippen MR) is 67.9 cm³/mol. The molecule has 0 saturated heterocycles. The first-order chi connectivity index (χ1) is 9.19. The number of carbonyl (C=O) groups is 1. The number of hydrogen-bond donors (Lipinski definition) is 1. The molecule has 2 heterocycles. The first-order valence-corrected chi connectivity index (χ1v) is 5.50. The predicted octanol–water partition coefficient (Wildman–Crippen LogP) is 0.286. The van der Waals surface area contributed by atoms with E-state index < -0.39 is 5.69 Å². The number of hydrogen-bond acceptors (Lipinski definition) is 5. The van der Waals surface area contributed by atoms with E-state index in [0.29, 0.717) is 11.6 Å². The molecule has 0 aliphatic rings. The van der Waals surface area contributed by atoms with Gasteiger partial charge in [-0.3, -0.25) is 9.36 Å². The molecule has 98 valence electrons. The van der Waals surface area contributed by atoms with Gasteiger partial charge in [-0.2, -0.15) is 0 Å². The van der Waals surface area contributed by atoms with Crippen molar-refractivity contribution in [2.45, 2.75) is 6.54 Å². The molecule has 0 saturated carbocycles. The monoisotopic (exact) mass is 260 g/mol. The van der Waals surface area contributed by atoms with Crippen LogP contribution in [0.5, 0.6) is 5.88 Å². The Balaban J connectivity index is 2.01. The summed E-state index contributed by atoms with van der Waals surface area (Å²) in [6, 6.07) is 4.88. The minimum atomic E-state index is -0.467. The third-order valence-corrected chi connectivity index (χ3v) is 2.33. The Labute approximate surface area is 108 Å². The fraction of sp³-hybridized carbons (Fsp3) is 0.167. The van der Waals surface area contributed by atoms with Crippen LogP contribution in [0.25, 0.3) is 0 Å². The Morgan fingerprint density at radius 3 is 2.89 bits per heavy atom. The molecule has 0 fully saturated rings. The molecule has 7 nitrogen and oxygen atoms in total. The van der Waals surface area contributed by atoms with Crippen LogP contribution in [0.1, 0.15) is 0 Å². The Morgan fingerprint density at radius 2 is 2.26 bits per heavy atom. The van der Waals surface area contributed by atoms with Crippen LogP contribution in [0.15, 0.2) is 41.6 Å². The number of methoxy groups -OCH3 is 1. The van der Waals surface area contributed by atoms with Gasteiger partial charge in [-0.15, -0.1) is 0 Å². The lowest BCUT2D eigenvalue weighted by Crippen LogP contribution is -2.28. The van der Waals surface area contributed by atoms with Crippen LogP contribution < -0.4 is 15.7 Å². The lowest BCUT2D eigenvalue weighted by atomic mass is 10.4. The Hall–Kier alpha value is -2.70. The number of anilines is 1. The van der Waals surface area contributed by atoms with Crippen molar-refractivity contribution in [1.82, 2.24) is 14.5 Å². The quantitative estimate of drug-likeness (QED) is 0.853. The number of nitrogens with one attached hydrogen (secondary N) is 1. The lowest BCUT2D eigenvalue weighted by molar-refractivity contribution is -0.116. The van der Waals surface area contributed by atoms with Crippen molar-refractivity contribution in [1.29, 1.82) is 0 Å². The van der Waals surface area contributed by atoms with E-state index in [1.165, 1.54) is 30.3 Å². The standard InChI is InChI=1S/C12H12N4O3/c1-19-11-4-3-9(7-14-11)15-10(17)8-16-6-2-5-13-12(16)18/h2-7H,8H2,1H3,(H,15,17). The molecule has 0 aliphatic carbocycles. The van der Waals surface area contributed by atoms with E-state index >= 15 is 0 Å². The van der Waals surface area contributed by atoms with E-state index in [4.69, 9.17) is 4.74 Å². The number of pyridine rings is 1. The number of carbonyl (C=O) groups excluding carboxylic acids is 1. The zero-order valence-corrected chi connectivity index (χ0v) is 10.2. The third kappa shape index (κ3) is 3.38. The van der Waals surface area contributed by atoms with E-state index in [0.717, 1.165) is 0 Å². The summed E-state index contributed by atoms with van der Waals surface area (Å²) < 4.78 is 6.12. The smallest absolute Gasteiger partial charge is 0.347 e. The van der Waals surface area contributed by atoms with E-state index in [9.17, 15) is 9.59 Å². The molecule has 0 radical (unpaired) electrons. The molecule has 2 aromatic heterocycles. The fourth-order valence-electron chi connectivity index (χ4n) is 1.44. The number of nitrogens with zero attached hydrogens (tertiary/aromatic N) is 3. The van der Waals surface area contributed by atoms with Crippen molar-refractivity contribution in [2.24, 2.45) is 0 Å². The lowest BCUT2D eigenvalue weighted by Gasteiger charge is -2.06. The van der Waals surface area contributed by atoms with Gasteiger partial charge < -0.3 is 10.1 Å². The van der Waals surface area contributed by atoms with Crippen molar-refractivity contribution in [3.63, 3.8) is 0 Å².